The predicted molar refractivity (Wildman–Crippen MR) is 83.8 cm³/mol. The first-order valence-corrected chi connectivity index (χ1v) is 7.62. The van der Waals surface area contributed by atoms with Crippen molar-refractivity contribution in [2.45, 2.75) is 39.6 Å². The molecule has 21 heavy (non-hydrogen) atoms. The summed E-state index contributed by atoms with van der Waals surface area (Å²) < 4.78 is 11.6. The van der Waals surface area contributed by atoms with Crippen LogP contribution in [0.5, 0.6) is 0 Å². The zero-order valence-electron chi connectivity index (χ0n) is 13.7. The maximum atomic E-state index is 12.0. The number of benzene rings is 1. The molecule has 1 heterocycles. The van der Waals surface area contributed by atoms with E-state index in [1.807, 2.05) is 51.1 Å². The van der Waals surface area contributed by atoms with Crippen LogP contribution < -0.4 is 0 Å². The molecule has 0 N–H and O–H groups in total. The number of hydrogen-bond donors (Lipinski definition) is 0. The molecule has 0 radical (unpaired) electrons. The molecule has 0 bridgehead atoms. The highest BCUT2D eigenvalue weighted by Crippen LogP contribution is 2.29. The molecule has 4 nitrogen and oxygen atoms in total. The van der Waals surface area contributed by atoms with Crippen LogP contribution in [0.4, 0.5) is 0 Å². The minimum absolute atomic E-state index is 0.0890. The molecule has 1 saturated heterocycles. The zero-order valence-corrected chi connectivity index (χ0v) is 13.7. The fourth-order valence-corrected chi connectivity index (χ4v) is 2.28. The first kappa shape index (κ1) is 17.7. The van der Waals surface area contributed by atoms with Gasteiger partial charge in [0.05, 0.1) is 18.6 Å². The summed E-state index contributed by atoms with van der Waals surface area (Å²) in [6.45, 7) is 6.54. The van der Waals surface area contributed by atoms with Crippen LogP contribution in [0.25, 0.3) is 0 Å². The maximum Gasteiger partial charge on any atom is 0.227 e. The molecule has 3 atom stereocenters. The first-order chi connectivity index (χ1) is 10.1. The molecule has 0 saturated carbocycles. The second-order valence-corrected chi connectivity index (χ2v) is 5.10. The van der Waals surface area contributed by atoms with E-state index in [0.717, 1.165) is 12.0 Å². The number of carbonyl (C=O) groups excluding carboxylic acids is 1. The van der Waals surface area contributed by atoms with Gasteiger partial charge in [0.1, 0.15) is 0 Å². The zero-order chi connectivity index (χ0) is 15.8. The van der Waals surface area contributed by atoms with Crippen LogP contribution in [-0.2, 0) is 14.3 Å². The Labute approximate surface area is 128 Å². The average Bonchev–Trinajstić information content (AvgIpc) is 2.56. The minimum atomic E-state index is -0.364. The third-order valence-corrected chi connectivity index (χ3v) is 3.43. The Morgan fingerprint density at radius 3 is 2.43 bits per heavy atom. The van der Waals surface area contributed by atoms with Gasteiger partial charge in [-0.05, 0) is 6.42 Å². The van der Waals surface area contributed by atoms with Crippen molar-refractivity contribution in [2.75, 3.05) is 20.7 Å². The monoisotopic (exact) mass is 293 g/mol. The second kappa shape index (κ2) is 8.80. The molecule has 118 valence electrons. The summed E-state index contributed by atoms with van der Waals surface area (Å²) in [5.41, 5.74) is 0.997. The molecule has 3 unspecified atom stereocenters. The van der Waals surface area contributed by atoms with Gasteiger partial charge in [0.2, 0.25) is 5.91 Å². The highest BCUT2D eigenvalue weighted by Gasteiger charge is 2.32. The lowest BCUT2D eigenvalue weighted by atomic mass is 9.99. The fourth-order valence-electron chi connectivity index (χ4n) is 2.28. The van der Waals surface area contributed by atoms with Crippen LogP contribution in [0.2, 0.25) is 0 Å². The highest BCUT2D eigenvalue weighted by atomic mass is 16.7. The molecule has 4 heteroatoms. The summed E-state index contributed by atoms with van der Waals surface area (Å²) in [5, 5.41) is 0. The van der Waals surface area contributed by atoms with Gasteiger partial charge in [0.15, 0.2) is 6.29 Å². The van der Waals surface area contributed by atoms with E-state index in [2.05, 4.69) is 0 Å². The van der Waals surface area contributed by atoms with Gasteiger partial charge in [-0.3, -0.25) is 4.79 Å². The van der Waals surface area contributed by atoms with Gasteiger partial charge in [-0.2, -0.15) is 0 Å². The highest BCUT2D eigenvalue weighted by molar-refractivity contribution is 5.78. The van der Waals surface area contributed by atoms with Crippen molar-refractivity contribution in [3.63, 3.8) is 0 Å². The Morgan fingerprint density at radius 1 is 1.24 bits per heavy atom. The van der Waals surface area contributed by atoms with Gasteiger partial charge in [0, 0.05) is 19.7 Å². The van der Waals surface area contributed by atoms with Crippen LogP contribution in [0.15, 0.2) is 30.3 Å². The number of nitrogens with zero attached hydrogens (tertiary/aromatic N) is 1. The summed E-state index contributed by atoms with van der Waals surface area (Å²) in [4.78, 5) is 13.6. The molecular formula is C17H27NO3. The van der Waals surface area contributed by atoms with Crippen molar-refractivity contribution < 1.29 is 14.3 Å². The van der Waals surface area contributed by atoms with E-state index in [1.54, 1.807) is 19.0 Å². The van der Waals surface area contributed by atoms with Gasteiger partial charge < -0.3 is 14.4 Å². The Hall–Kier alpha value is -1.39. The van der Waals surface area contributed by atoms with Crippen molar-refractivity contribution in [3.05, 3.63) is 35.9 Å². The number of ether oxygens (including phenoxy) is 2. The van der Waals surface area contributed by atoms with Crippen molar-refractivity contribution in [1.29, 1.82) is 0 Å². The molecule has 1 amide bonds. The van der Waals surface area contributed by atoms with E-state index in [1.165, 1.54) is 0 Å². The van der Waals surface area contributed by atoms with Gasteiger partial charge in [0.25, 0.3) is 0 Å². The summed E-state index contributed by atoms with van der Waals surface area (Å²) in [6.07, 6.45) is 0.301. The van der Waals surface area contributed by atoms with Crippen LogP contribution in [-0.4, -0.2) is 37.6 Å². The van der Waals surface area contributed by atoms with Gasteiger partial charge >= 0.3 is 0 Å². The summed E-state index contributed by atoms with van der Waals surface area (Å²) in [5.74, 6) is -0.0520. The molecule has 1 fully saturated rings. The lowest BCUT2D eigenvalue weighted by Gasteiger charge is -2.34. The molecule has 0 spiro atoms. The normalized spacial score (nSPS) is 22.7. The molecular weight excluding hydrogens is 266 g/mol. The van der Waals surface area contributed by atoms with E-state index in [-0.39, 0.29) is 24.2 Å². The third kappa shape index (κ3) is 4.83. The SMILES string of the molecule is CC.CC(C(=O)N(C)C)C1CCOC(c2ccccc2)O1. The topological polar surface area (TPSA) is 38.8 Å². The second-order valence-electron chi connectivity index (χ2n) is 5.10. The Kier molecular flexibility index (Phi) is 7.40. The van der Waals surface area contributed by atoms with Crippen molar-refractivity contribution in [1.82, 2.24) is 4.90 Å². The molecule has 0 aromatic heterocycles. The molecule has 1 aliphatic rings. The number of carbonyl (C=O) groups is 1. The van der Waals surface area contributed by atoms with E-state index in [9.17, 15) is 4.79 Å². The molecule has 1 aromatic carbocycles. The number of amides is 1. The standard InChI is InChI=1S/C15H21NO3.C2H6/c1-11(14(17)16(2)3)13-9-10-18-15(19-13)12-7-5-4-6-8-12;1-2/h4-8,11,13,15H,9-10H2,1-3H3;1-2H3. The Balaban J connectivity index is 0.00000106. The summed E-state index contributed by atoms with van der Waals surface area (Å²) >= 11 is 0. The average molecular weight is 293 g/mol. The molecule has 1 aliphatic heterocycles. The van der Waals surface area contributed by atoms with Crippen molar-refractivity contribution >= 4 is 5.91 Å². The Morgan fingerprint density at radius 2 is 1.86 bits per heavy atom. The third-order valence-electron chi connectivity index (χ3n) is 3.43. The largest absolute Gasteiger partial charge is 0.349 e. The maximum absolute atomic E-state index is 12.0. The van der Waals surface area contributed by atoms with E-state index >= 15 is 0 Å². The van der Waals surface area contributed by atoms with Gasteiger partial charge in [-0.25, -0.2) is 0 Å². The lowest BCUT2D eigenvalue weighted by Crippen LogP contribution is -2.40. The van der Waals surface area contributed by atoms with Gasteiger partial charge in [-0.15, -0.1) is 0 Å². The number of rotatable bonds is 3. The summed E-state index contributed by atoms with van der Waals surface area (Å²) in [6, 6.07) is 9.83. The van der Waals surface area contributed by atoms with Crippen LogP contribution in [0, 0.1) is 5.92 Å². The fraction of sp³-hybridized carbons (Fsp3) is 0.588. The van der Waals surface area contributed by atoms with Crippen molar-refractivity contribution in [3.8, 4) is 0 Å². The van der Waals surface area contributed by atoms with Gasteiger partial charge in [-0.1, -0.05) is 51.1 Å². The van der Waals surface area contributed by atoms with E-state index in [0.29, 0.717) is 6.61 Å². The molecule has 2 rings (SSSR count). The quantitative estimate of drug-likeness (QED) is 0.858. The van der Waals surface area contributed by atoms with E-state index < -0.39 is 0 Å². The van der Waals surface area contributed by atoms with Crippen LogP contribution in [0.3, 0.4) is 0 Å². The molecule has 1 aromatic rings. The van der Waals surface area contributed by atoms with Crippen LogP contribution >= 0.6 is 0 Å². The Bertz CT molecular complexity index is 419. The predicted octanol–water partition coefficient (Wildman–Crippen LogP) is 3.24. The minimum Gasteiger partial charge on any atom is -0.349 e. The van der Waals surface area contributed by atoms with Crippen molar-refractivity contribution in [2.24, 2.45) is 5.92 Å². The summed E-state index contributed by atoms with van der Waals surface area (Å²) in [7, 11) is 3.54. The number of hydrogen-bond acceptors (Lipinski definition) is 3. The first-order valence-electron chi connectivity index (χ1n) is 7.62. The smallest absolute Gasteiger partial charge is 0.227 e. The van der Waals surface area contributed by atoms with E-state index in [4.69, 9.17) is 9.47 Å². The molecule has 0 aliphatic carbocycles. The lowest BCUT2D eigenvalue weighted by molar-refractivity contribution is -0.228. The van der Waals surface area contributed by atoms with Crippen LogP contribution in [0.1, 0.15) is 39.0 Å².